The molecule has 0 aromatic carbocycles. The molecule has 0 amide bonds. The van der Waals surface area contributed by atoms with E-state index in [1.54, 1.807) is 13.2 Å². The van der Waals surface area contributed by atoms with Crippen LogP contribution in [-0.4, -0.2) is 68.1 Å². The Labute approximate surface area is 206 Å². The number of esters is 2. The van der Waals surface area contributed by atoms with Gasteiger partial charge in [-0.05, 0) is 49.2 Å². The fourth-order valence-corrected chi connectivity index (χ4v) is 8.85. The molecule has 8 nitrogen and oxygen atoms in total. The van der Waals surface area contributed by atoms with E-state index in [0.29, 0.717) is 19.3 Å². The first-order chi connectivity index (χ1) is 16.5. The molecule has 5 rings (SSSR count). The summed E-state index contributed by atoms with van der Waals surface area (Å²) in [5.74, 6) is -1.46. The van der Waals surface area contributed by atoms with E-state index in [9.17, 15) is 19.5 Å². The topological polar surface area (TPSA) is 108 Å². The van der Waals surface area contributed by atoms with Gasteiger partial charge in [0.05, 0.1) is 6.10 Å². The molecule has 1 N–H and O–H groups in total. The van der Waals surface area contributed by atoms with Gasteiger partial charge in [0.2, 0.25) is 0 Å². The first-order valence-corrected chi connectivity index (χ1v) is 12.5. The number of ketones is 1. The molecule has 3 saturated carbocycles. The van der Waals surface area contributed by atoms with Gasteiger partial charge in [-0.3, -0.25) is 4.79 Å². The number of Topliss-reactive ketones (excluding diaryl/α,β-unsaturated/α-hetero) is 1. The van der Waals surface area contributed by atoms with Crippen LogP contribution in [0.25, 0.3) is 0 Å². The Hall–Kier alpha value is -2.03. The van der Waals surface area contributed by atoms with Crippen molar-refractivity contribution in [2.45, 2.75) is 71.4 Å². The number of hydrogen-bond donors (Lipinski definition) is 1. The molecule has 3 fully saturated rings. The maximum atomic E-state index is 14.1. The third-order valence-electron chi connectivity index (χ3n) is 10.2. The monoisotopic (exact) mass is 488 g/mol. The normalized spacial score (nSPS) is 48.9. The molecule has 0 bridgehead atoms. The molecular weight excluding hydrogens is 452 g/mol. The van der Waals surface area contributed by atoms with E-state index in [4.69, 9.17) is 18.9 Å². The van der Waals surface area contributed by atoms with Gasteiger partial charge in [-0.25, -0.2) is 9.59 Å². The molecule has 5 aliphatic rings. The molecule has 0 aromatic heterocycles. The number of fused-ring (bicyclic) bond motifs is 2. The quantitative estimate of drug-likeness (QED) is 0.601. The molecule has 0 aromatic rings. The average Bonchev–Trinajstić information content (AvgIpc) is 3.16. The molecular formula is C27H36O8. The van der Waals surface area contributed by atoms with Gasteiger partial charge in [0.25, 0.3) is 0 Å². The van der Waals surface area contributed by atoms with Crippen LogP contribution in [0, 0.1) is 34.0 Å². The minimum absolute atomic E-state index is 0.0182. The molecule has 3 aliphatic carbocycles. The van der Waals surface area contributed by atoms with E-state index in [0.717, 1.165) is 11.1 Å². The van der Waals surface area contributed by atoms with Crippen LogP contribution in [0.3, 0.4) is 0 Å². The Morgan fingerprint density at radius 2 is 1.69 bits per heavy atom. The number of carbonyl (C=O) groups is 3. The average molecular weight is 489 g/mol. The summed E-state index contributed by atoms with van der Waals surface area (Å²) in [5, 5.41) is 10.3. The molecule has 0 spiro atoms. The van der Waals surface area contributed by atoms with Gasteiger partial charge in [0, 0.05) is 55.1 Å². The molecule has 10 atom stereocenters. The number of methoxy groups -OCH3 is 2. The summed E-state index contributed by atoms with van der Waals surface area (Å²) < 4.78 is 23.5. The Morgan fingerprint density at radius 1 is 1.00 bits per heavy atom. The zero-order valence-corrected chi connectivity index (χ0v) is 21.3. The number of aliphatic hydroxyl groups is 1. The van der Waals surface area contributed by atoms with Crippen molar-refractivity contribution in [1.82, 2.24) is 0 Å². The summed E-state index contributed by atoms with van der Waals surface area (Å²) in [6, 6.07) is 0. The van der Waals surface area contributed by atoms with E-state index < -0.39 is 46.5 Å². The van der Waals surface area contributed by atoms with Crippen LogP contribution in [0.5, 0.6) is 0 Å². The zero-order valence-electron chi connectivity index (χ0n) is 21.3. The van der Waals surface area contributed by atoms with Crippen LogP contribution in [-0.2, 0) is 33.3 Å². The second kappa shape index (κ2) is 7.98. The molecule has 2 aliphatic heterocycles. The first kappa shape index (κ1) is 24.7. The Bertz CT molecular complexity index is 1030. The van der Waals surface area contributed by atoms with Gasteiger partial charge in [0.15, 0.2) is 5.78 Å². The predicted octanol–water partition coefficient (Wildman–Crippen LogP) is 2.38. The van der Waals surface area contributed by atoms with E-state index in [1.807, 2.05) is 20.8 Å². The lowest BCUT2D eigenvalue weighted by molar-refractivity contribution is -0.235. The van der Waals surface area contributed by atoms with Gasteiger partial charge in [-0.1, -0.05) is 20.8 Å². The van der Waals surface area contributed by atoms with Crippen LogP contribution in [0.2, 0.25) is 0 Å². The van der Waals surface area contributed by atoms with E-state index in [-0.39, 0.29) is 36.2 Å². The van der Waals surface area contributed by atoms with Gasteiger partial charge >= 0.3 is 11.9 Å². The van der Waals surface area contributed by atoms with Crippen molar-refractivity contribution in [2.24, 2.45) is 34.0 Å². The fraction of sp³-hybridized carbons (Fsp3) is 0.741. The van der Waals surface area contributed by atoms with Crippen LogP contribution >= 0.6 is 0 Å². The van der Waals surface area contributed by atoms with Gasteiger partial charge in [-0.2, -0.15) is 0 Å². The standard InChI is InChI=1S/C27H36O8/c1-13-7-20(29)35-24(13)25(2)11-17(33-6)22-26(3)15(14(12-28)8-16(32-5)23(26)31)9-19-27(22,4)18(25)10-21(30)34-19/h7,10,14-17,19,22,24,28H,8-9,11-12H2,1-6H3. The molecule has 10 unspecified atom stereocenters. The molecule has 2 heterocycles. The lowest BCUT2D eigenvalue weighted by Gasteiger charge is -2.68. The Kier molecular flexibility index (Phi) is 5.62. The molecule has 192 valence electrons. The predicted molar refractivity (Wildman–Crippen MR) is 124 cm³/mol. The number of aliphatic hydroxyl groups excluding tert-OH is 1. The highest BCUT2D eigenvalue weighted by molar-refractivity contribution is 5.92. The Morgan fingerprint density at radius 3 is 2.26 bits per heavy atom. The van der Waals surface area contributed by atoms with Gasteiger partial charge in [0.1, 0.15) is 18.3 Å². The Balaban J connectivity index is 1.72. The summed E-state index contributed by atoms with van der Waals surface area (Å²) in [6.45, 7) is 7.88. The third kappa shape index (κ3) is 3.05. The van der Waals surface area contributed by atoms with Crippen LogP contribution in [0.15, 0.2) is 23.3 Å². The molecule has 0 saturated heterocycles. The van der Waals surface area contributed by atoms with Crippen molar-refractivity contribution < 1.29 is 38.4 Å². The van der Waals surface area contributed by atoms with Crippen molar-refractivity contribution in [3.05, 3.63) is 23.3 Å². The highest BCUT2D eigenvalue weighted by atomic mass is 16.6. The van der Waals surface area contributed by atoms with Crippen LogP contribution in [0.4, 0.5) is 0 Å². The number of hydrogen-bond acceptors (Lipinski definition) is 8. The smallest absolute Gasteiger partial charge is 0.331 e. The van der Waals surface area contributed by atoms with Crippen molar-refractivity contribution in [2.75, 3.05) is 20.8 Å². The van der Waals surface area contributed by atoms with Crippen molar-refractivity contribution in [3.8, 4) is 0 Å². The largest absolute Gasteiger partial charge is 0.458 e. The maximum Gasteiger partial charge on any atom is 0.331 e. The zero-order chi connectivity index (χ0) is 25.5. The lowest BCUT2D eigenvalue weighted by atomic mass is 9.37. The summed E-state index contributed by atoms with van der Waals surface area (Å²) >= 11 is 0. The minimum atomic E-state index is -0.861. The van der Waals surface area contributed by atoms with E-state index >= 15 is 0 Å². The van der Waals surface area contributed by atoms with Crippen molar-refractivity contribution >= 4 is 17.7 Å². The summed E-state index contributed by atoms with van der Waals surface area (Å²) in [6.07, 6.45) is 2.43. The van der Waals surface area contributed by atoms with Crippen molar-refractivity contribution in [1.29, 1.82) is 0 Å². The van der Waals surface area contributed by atoms with Crippen LogP contribution in [0.1, 0.15) is 47.0 Å². The van der Waals surface area contributed by atoms with Gasteiger partial charge < -0.3 is 24.1 Å². The molecule has 8 heteroatoms. The third-order valence-corrected chi connectivity index (χ3v) is 10.2. The molecule has 0 radical (unpaired) electrons. The SMILES string of the molecule is COC1CC(CO)C2CC3OC(=O)C=C4C(C)(C5OC(=O)C=C5C)CC(OC)C(C43C)C2(C)C1=O. The van der Waals surface area contributed by atoms with E-state index in [1.165, 1.54) is 13.2 Å². The maximum absolute atomic E-state index is 14.1. The summed E-state index contributed by atoms with van der Waals surface area (Å²) in [4.78, 5) is 39.2. The number of cyclic esters (lactones) is 1. The van der Waals surface area contributed by atoms with Crippen molar-refractivity contribution in [3.63, 3.8) is 0 Å². The number of rotatable bonds is 4. The van der Waals surface area contributed by atoms with Gasteiger partial charge in [-0.15, -0.1) is 0 Å². The molecule has 35 heavy (non-hydrogen) atoms. The number of carbonyl (C=O) groups excluding carboxylic acids is 3. The van der Waals surface area contributed by atoms with Crippen LogP contribution < -0.4 is 0 Å². The minimum Gasteiger partial charge on any atom is -0.458 e. The fourth-order valence-electron chi connectivity index (χ4n) is 8.85. The lowest BCUT2D eigenvalue weighted by Crippen LogP contribution is -2.72. The van der Waals surface area contributed by atoms with E-state index in [2.05, 4.69) is 6.92 Å². The summed E-state index contributed by atoms with van der Waals surface area (Å²) in [5.41, 5.74) is -0.648. The summed E-state index contributed by atoms with van der Waals surface area (Å²) in [7, 11) is 3.19. The highest BCUT2D eigenvalue weighted by Gasteiger charge is 2.73. The highest BCUT2D eigenvalue weighted by Crippen LogP contribution is 2.70. The first-order valence-electron chi connectivity index (χ1n) is 12.5. The number of ether oxygens (including phenoxy) is 4. The second-order valence-electron chi connectivity index (χ2n) is 11.7. The second-order valence-corrected chi connectivity index (χ2v) is 11.7.